The van der Waals surface area contributed by atoms with E-state index in [-0.39, 0.29) is 6.04 Å². The number of halogens is 1. The maximum Gasteiger partial charge on any atom is 0.124 e. The summed E-state index contributed by atoms with van der Waals surface area (Å²) >= 11 is 6.37. The third-order valence-corrected chi connectivity index (χ3v) is 4.85. The highest BCUT2D eigenvalue weighted by atomic mass is 35.5. The van der Waals surface area contributed by atoms with E-state index < -0.39 is 0 Å². The van der Waals surface area contributed by atoms with Gasteiger partial charge in [0, 0.05) is 16.6 Å². The number of nitrogens with two attached hydrogens (primary N) is 1. The highest BCUT2D eigenvalue weighted by molar-refractivity contribution is 6.31. The molecule has 1 aliphatic rings. The molecule has 0 bridgehead atoms. The summed E-state index contributed by atoms with van der Waals surface area (Å²) < 4.78 is 6.31. The molecule has 2 nitrogen and oxygen atoms in total. The third-order valence-electron chi connectivity index (χ3n) is 4.50. The summed E-state index contributed by atoms with van der Waals surface area (Å²) in [6, 6.07) is 6.07. The molecule has 0 saturated heterocycles. The van der Waals surface area contributed by atoms with Crippen molar-refractivity contribution in [1.82, 2.24) is 0 Å². The van der Waals surface area contributed by atoms with Crippen LogP contribution in [0.4, 0.5) is 0 Å². The van der Waals surface area contributed by atoms with Crippen LogP contribution in [0.15, 0.2) is 18.2 Å². The third kappa shape index (κ3) is 4.62. The van der Waals surface area contributed by atoms with Gasteiger partial charge in [-0.05, 0) is 56.1 Å². The van der Waals surface area contributed by atoms with Crippen molar-refractivity contribution in [2.24, 2.45) is 17.6 Å². The molecular formula is C18H28ClNO. The highest BCUT2D eigenvalue weighted by Crippen LogP contribution is 2.34. The molecule has 0 aliphatic heterocycles. The average molecular weight is 310 g/mol. The maximum absolute atomic E-state index is 6.37. The van der Waals surface area contributed by atoms with Crippen LogP contribution in [0.1, 0.15) is 52.0 Å². The summed E-state index contributed by atoms with van der Waals surface area (Å²) in [5.74, 6) is 2.40. The maximum atomic E-state index is 6.37. The fraction of sp³-hybridized carbons (Fsp3) is 0.667. The first-order chi connectivity index (χ1) is 9.99. The van der Waals surface area contributed by atoms with Gasteiger partial charge in [-0.15, -0.1) is 0 Å². The van der Waals surface area contributed by atoms with Gasteiger partial charge >= 0.3 is 0 Å². The lowest BCUT2D eigenvalue weighted by Gasteiger charge is -2.32. The number of hydrogen-bond acceptors (Lipinski definition) is 2. The second kappa shape index (κ2) is 7.51. The fourth-order valence-electron chi connectivity index (χ4n) is 3.40. The van der Waals surface area contributed by atoms with Gasteiger partial charge in [0.05, 0.1) is 6.10 Å². The minimum absolute atomic E-state index is 0.136. The van der Waals surface area contributed by atoms with Gasteiger partial charge in [0.1, 0.15) is 5.75 Å². The van der Waals surface area contributed by atoms with Crippen molar-refractivity contribution < 1.29 is 4.74 Å². The monoisotopic (exact) mass is 309 g/mol. The van der Waals surface area contributed by atoms with E-state index in [2.05, 4.69) is 20.8 Å². The molecule has 1 saturated carbocycles. The predicted octanol–water partition coefficient (Wildman–Crippen LogP) is 4.82. The first kappa shape index (κ1) is 16.6. The van der Waals surface area contributed by atoms with Gasteiger partial charge in [-0.2, -0.15) is 0 Å². The number of rotatable bonds is 5. The van der Waals surface area contributed by atoms with E-state index in [1.165, 1.54) is 6.42 Å². The van der Waals surface area contributed by atoms with Crippen LogP contribution >= 0.6 is 11.6 Å². The zero-order chi connectivity index (χ0) is 15.4. The predicted molar refractivity (Wildman–Crippen MR) is 90.0 cm³/mol. The lowest BCUT2D eigenvalue weighted by molar-refractivity contribution is 0.1000. The van der Waals surface area contributed by atoms with Crippen molar-refractivity contribution in [3.05, 3.63) is 28.8 Å². The van der Waals surface area contributed by atoms with Crippen LogP contribution in [-0.4, -0.2) is 12.1 Å². The molecule has 1 aromatic carbocycles. The molecule has 21 heavy (non-hydrogen) atoms. The second-order valence-electron chi connectivity index (χ2n) is 6.75. The molecular weight excluding hydrogens is 282 g/mol. The lowest BCUT2D eigenvalue weighted by Crippen LogP contribution is -2.29. The van der Waals surface area contributed by atoms with Gasteiger partial charge in [0.2, 0.25) is 0 Å². The topological polar surface area (TPSA) is 35.2 Å². The van der Waals surface area contributed by atoms with Crippen LogP contribution in [0.5, 0.6) is 5.75 Å². The average Bonchev–Trinajstić information content (AvgIpc) is 2.41. The van der Waals surface area contributed by atoms with Crippen molar-refractivity contribution in [2.45, 2.75) is 65.0 Å². The van der Waals surface area contributed by atoms with E-state index in [4.69, 9.17) is 22.1 Å². The summed E-state index contributed by atoms with van der Waals surface area (Å²) in [6.07, 6.45) is 5.61. The first-order valence-electron chi connectivity index (χ1n) is 8.19. The highest BCUT2D eigenvalue weighted by Gasteiger charge is 2.26. The normalized spacial score (nSPS) is 27.4. The summed E-state index contributed by atoms with van der Waals surface area (Å²) in [4.78, 5) is 0. The molecule has 3 unspecified atom stereocenters. The van der Waals surface area contributed by atoms with E-state index in [0.29, 0.717) is 6.10 Å². The van der Waals surface area contributed by atoms with Gasteiger partial charge in [0.25, 0.3) is 0 Å². The van der Waals surface area contributed by atoms with E-state index in [9.17, 15) is 0 Å². The zero-order valence-corrected chi connectivity index (χ0v) is 14.2. The smallest absolute Gasteiger partial charge is 0.124 e. The largest absolute Gasteiger partial charge is 0.490 e. The molecule has 2 N–H and O–H groups in total. The number of hydrogen-bond donors (Lipinski definition) is 1. The second-order valence-corrected chi connectivity index (χ2v) is 7.15. The van der Waals surface area contributed by atoms with Gasteiger partial charge in [-0.1, -0.05) is 38.4 Å². The van der Waals surface area contributed by atoms with Gasteiger partial charge in [-0.3, -0.25) is 0 Å². The molecule has 0 spiro atoms. The Morgan fingerprint density at radius 2 is 1.90 bits per heavy atom. The number of benzene rings is 1. The first-order valence-corrected chi connectivity index (χ1v) is 8.57. The van der Waals surface area contributed by atoms with E-state index in [1.54, 1.807) is 0 Å². The molecule has 1 aromatic rings. The quantitative estimate of drug-likeness (QED) is 0.846. The van der Waals surface area contributed by atoms with Gasteiger partial charge in [-0.25, -0.2) is 0 Å². The molecule has 1 aliphatic carbocycles. The zero-order valence-electron chi connectivity index (χ0n) is 13.4. The molecule has 3 atom stereocenters. The Labute approximate surface area is 134 Å². The SMILES string of the molecule is CCC(N)Cc1c(Cl)cccc1OC1CC(C)CC(C)C1. The van der Waals surface area contributed by atoms with Crippen LogP contribution < -0.4 is 10.5 Å². The Morgan fingerprint density at radius 1 is 1.24 bits per heavy atom. The summed E-state index contributed by atoms with van der Waals surface area (Å²) in [5, 5.41) is 0.772. The van der Waals surface area contributed by atoms with Crippen molar-refractivity contribution >= 4 is 11.6 Å². The molecule has 0 heterocycles. The van der Waals surface area contributed by atoms with E-state index in [1.807, 2.05) is 18.2 Å². The molecule has 0 radical (unpaired) electrons. The molecule has 118 valence electrons. The Balaban J connectivity index is 2.13. The van der Waals surface area contributed by atoms with Crippen molar-refractivity contribution in [2.75, 3.05) is 0 Å². The summed E-state index contributed by atoms with van der Waals surface area (Å²) in [5.41, 5.74) is 7.17. The van der Waals surface area contributed by atoms with E-state index in [0.717, 1.165) is 53.9 Å². The van der Waals surface area contributed by atoms with Crippen LogP contribution in [-0.2, 0) is 6.42 Å². The van der Waals surface area contributed by atoms with Crippen LogP contribution in [0.3, 0.4) is 0 Å². The molecule has 3 heteroatoms. The lowest BCUT2D eigenvalue weighted by atomic mass is 9.82. The van der Waals surface area contributed by atoms with Crippen LogP contribution in [0, 0.1) is 11.8 Å². The minimum atomic E-state index is 0.136. The Kier molecular flexibility index (Phi) is 5.95. The molecule has 1 fully saturated rings. The Bertz CT molecular complexity index is 453. The minimum Gasteiger partial charge on any atom is -0.490 e. The Hall–Kier alpha value is -0.730. The standard InChI is InChI=1S/C18H28ClNO/c1-4-14(20)11-16-17(19)6-5-7-18(16)21-15-9-12(2)8-13(3)10-15/h5-7,12-15H,4,8-11,20H2,1-3H3. The summed E-state index contributed by atoms with van der Waals surface area (Å²) in [6.45, 7) is 6.74. The molecule has 0 amide bonds. The van der Waals surface area contributed by atoms with Crippen molar-refractivity contribution in [3.8, 4) is 5.75 Å². The van der Waals surface area contributed by atoms with E-state index >= 15 is 0 Å². The van der Waals surface area contributed by atoms with Crippen LogP contribution in [0.25, 0.3) is 0 Å². The van der Waals surface area contributed by atoms with Gasteiger partial charge < -0.3 is 10.5 Å². The van der Waals surface area contributed by atoms with Gasteiger partial charge in [0.15, 0.2) is 0 Å². The fourth-order valence-corrected chi connectivity index (χ4v) is 3.65. The van der Waals surface area contributed by atoms with Crippen LogP contribution in [0.2, 0.25) is 5.02 Å². The molecule has 0 aromatic heterocycles. The summed E-state index contributed by atoms with van der Waals surface area (Å²) in [7, 11) is 0. The number of ether oxygens (including phenoxy) is 1. The van der Waals surface area contributed by atoms with Crippen molar-refractivity contribution in [1.29, 1.82) is 0 Å². The van der Waals surface area contributed by atoms with Crippen molar-refractivity contribution in [3.63, 3.8) is 0 Å². The Morgan fingerprint density at radius 3 is 2.52 bits per heavy atom. The molecule has 2 rings (SSSR count).